The van der Waals surface area contributed by atoms with Crippen molar-refractivity contribution < 1.29 is 4.42 Å². The molecule has 1 unspecified atom stereocenters. The lowest BCUT2D eigenvalue weighted by atomic mass is 9.74. The van der Waals surface area contributed by atoms with Gasteiger partial charge in [0.25, 0.3) is 0 Å². The van der Waals surface area contributed by atoms with E-state index in [4.69, 9.17) is 4.42 Å². The molecule has 0 fully saturated rings. The molecule has 2 aliphatic rings. The van der Waals surface area contributed by atoms with Crippen molar-refractivity contribution in [2.45, 2.75) is 31.6 Å². The van der Waals surface area contributed by atoms with E-state index in [1.807, 2.05) is 0 Å². The van der Waals surface area contributed by atoms with E-state index < -0.39 is 0 Å². The molecule has 11 aromatic carbocycles. The second-order valence-electron chi connectivity index (χ2n) is 20.5. The minimum Gasteiger partial charge on any atom is -0.455 e. The third-order valence-electron chi connectivity index (χ3n) is 16.2. The maximum Gasteiger partial charge on any atom is 0.143 e. The van der Waals surface area contributed by atoms with Crippen molar-refractivity contribution in [1.29, 1.82) is 0 Å². The lowest BCUT2D eigenvalue weighted by Crippen LogP contribution is -2.22. The molecule has 0 aliphatic heterocycles. The molecule has 14 rings (SSSR count). The molecule has 2 aliphatic carbocycles. The Labute approximate surface area is 427 Å². The molecule has 2 nitrogen and oxygen atoms in total. The van der Waals surface area contributed by atoms with Crippen LogP contribution in [-0.4, -0.2) is 0 Å². The Kier molecular flexibility index (Phi) is 9.72. The fraction of sp³-hybridized carbons (Fsp3) is 0.0704. The number of fused-ring (bicyclic) bond motifs is 9. The van der Waals surface area contributed by atoms with Crippen molar-refractivity contribution >= 4 is 39.0 Å². The van der Waals surface area contributed by atoms with Gasteiger partial charge in [-0.1, -0.05) is 232 Å². The average Bonchev–Trinajstić information content (AvgIpc) is 4.06. The normalized spacial score (nSPS) is 14.9. The SMILES string of the molecule is CC1(C)c2ccccc2-c2ccc(N(c3ccc(-c4ccccc4)cc3)c3ccc(-c4cccc5c4oc4c(-c6cccc7c6-c6ccccc6C7(C)c6ccc(-c7ccccc7)cc6)cccc45)cc3)cc21. The highest BCUT2D eigenvalue weighted by Gasteiger charge is 2.42. The van der Waals surface area contributed by atoms with Gasteiger partial charge in [-0.3, -0.25) is 0 Å². The Morgan fingerprint density at radius 1 is 0.301 bits per heavy atom. The maximum absolute atomic E-state index is 7.21. The standard InChI is InChI=1S/C71H51NO/c1-70(2)63-28-12-10-21-56(63)57-44-43-54(45-66(57)70)72(52-39-33-49(34-40-52)47-19-8-5-9-20-47)53-41-35-50(36-42-53)55-23-14-26-60-61-27-15-25-59(69(61)73-68(55)60)58-24-16-30-65-67(58)62-22-11-13-29-64(62)71(65,3)51-37-31-48(32-38-51)46-17-6-4-7-18-46/h4-45H,1-3H3. The van der Waals surface area contributed by atoms with Gasteiger partial charge in [0.05, 0.1) is 0 Å². The number of furan rings is 1. The number of anilines is 3. The number of hydrogen-bond acceptors (Lipinski definition) is 2. The summed E-state index contributed by atoms with van der Waals surface area (Å²) in [6, 6.07) is 93.4. The number of hydrogen-bond donors (Lipinski definition) is 0. The quantitative estimate of drug-likeness (QED) is 0.151. The lowest BCUT2D eigenvalue weighted by Gasteiger charge is -2.28. The highest BCUT2D eigenvalue weighted by atomic mass is 16.3. The summed E-state index contributed by atoms with van der Waals surface area (Å²) in [5.74, 6) is 0. The number of nitrogens with zero attached hydrogens (tertiary/aromatic N) is 1. The van der Waals surface area contributed by atoms with Gasteiger partial charge in [-0.15, -0.1) is 0 Å². The topological polar surface area (TPSA) is 16.4 Å². The molecule has 0 amide bonds. The molecule has 2 heteroatoms. The Morgan fingerprint density at radius 3 is 1.41 bits per heavy atom. The molecule has 12 aromatic rings. The molecular weight excluding hydrogens is 883 g/mol. The Bertz CT molecular complexity index is 4090. The van der Waals surface area contributed by atoms with Crippen LogP contribution < -0.4 is 4.90 Å². The molecule has 73 heavy (non-hydrogen) atoms. The van der Waals surface area contributed by atoms with Crippen LogP contribution in [0.15, 0.2) is 259 Å². The average molecular weight is 934 g/mol. The summed E-state index contributed by atoms with van der Waals surface area (Å²) in [5.41, 5.74) is 25.7. The number of rotatable bonds is 8. The second kappa shape index (κ2) is 16.6. The lowest BCUT2D eigenvalue weighted by molar-refractivity contribution is 0.660. The summed E-state index contributed by atoms with van der Waals surface area (Å²) in [7, 11) is 0. The summed E-state index contributed by atoms with van der Waals surface area (Å²) < 4.78 is 7.21. The van der Waals surface area contributed by atoms with E-state index in [1.54, 1.807) is 0 Å². The van der Waals surface area contributed by atoms with E-state index in [0.717, 1.165) is 55.7 Å². The molecule has 0 bridgehead atoms. The van der Waals surface area contributed by atoms with E-state index >= 15 is 0 Å². The summed E-state index contributed by atoms with van der Waals surface area (Å²) in [5, 5.41) is 2.22. The van der Waals surface area contributed by atoms with Crippen molar-refractivity contribution in [2.75, 3.05) is 4.90 Å². The Hall–Kier alpha value is -8.98. The van der Waals surface area contributed by atoms with Crippen LogP contribution in [-0.2, 0) is 10.8 Å². The van der Waals surface area contributed by atoms with Crippen LogP contribution in [0.5, 0.6) is 0 Å². The zero-order chi connectivity index (χ0) is 48.8. The zero-order valence-electron chi connectivity index (χ0n) is 41.1. The smallest absolute Gasteiger partial charge is 0.143 e. The van der Waals surface area contributed by atoms with Crippen LogP contribution in [0.25, 0.3) is 88.7 Å². The first kappa shape index (κ1) is 42.9. The van der Waals surface area contributed by atoms with Gasteiger partial charge in [0.2, 0.25) is 0 Å². The van der Waals surface area contributed by atoms with Crippen LogP contribution in [0.1, 0.15) is 48.6 Å². The van der Waals surface area contributed by atoms with E-state index in [1.165, 1.54) is 77.9 Å². The van der Waals surface area contributed by atoms with Gasteiger partial charge in [0.1, 0.15) is 11.2 Å². The molecule has 0 saturated heterocycles. The summed E-state index contributed by atoms with van der Waals surface area (Å²) in [4.78, 5) is 2.40. The van der Waals surface area contributed by atoms with Crippen LogP contribution >= 0.6 is 0 Å². The van der Waals surface area contributed by atoms with Crippen LogP contribution in [0.2, 0.25) is 0 Å². The molecule has 1 aromatic heterocycles. The van der Waals surface area contributed by atoms with Crippen LogP contribution in [0.4, 0.5) is 17.1 Å². The predicted molar refractivity (Wildman–Crippen MR) is 305 cm³/mol. The third-order valence-corrected chi connectivity index (χ3v) is 16.2. The first-order chi connectivity index (χ1) is 35.8. The highest BCUT2D eigenvalue weighted by Crippen LogP contribution is 2.56. The molecule has 0 N–H and O–H groups in total. The number of para-hydroxylation sites is 2. The van der Waals surface area contributed by atoms with Crippen LogP contribution in [0, 0.1) is 0 Å². The fourth-order valence-electron chi connectivity index (χ4n) is 12.5. The minimum atomic E-state index is -0.345. The zero-order valence-corrected chi connectivity index (χ0v) is 41.1. The van der Waals surface area contributed by atoms with Crippen molar-refractivity contribution in [3.63, 3.8) is 0 Å². The summed E-state index contributed by atoms with van der Waals surface area (Å²) in [6.45, 7) is 7.10. The maximum atomic E-state index is 7.21. The van der Waals surface area contributed by atoms with E-state index in [9.17, 15) is 0 Å². The van der Waals surface area contributed by atoms with Gasteiger partial charge in [-0.05, 0) is 127 Å². The molecule has 346 valence electrons. The first-order valence-electron chi connectivity index (χ1n) is 25.5. The van der Waals surface area contributed by atoms with Crippen molar-refractivity contribution in [1.82, 2.24) is 0 Å². The highest BCUT2D eigenvalue weighted by molar-refractivity contribution is 6.14. The first-order valence-corrected chi connectivity index (χ1v) is 25.5. The molecule has 1 atom stereocenters. The van der Waals surface area contributed by atoms with Gasteiger partial charge in [0, 0.05) is 49.8 Å². The summed E-state index contributed by atoms with van der Waals surface area (Å²) in [6.07, 6.45) is 0. The predicted octanol–water partition coefficient (Wildman–Crippen LogP) is 19.4. The Balaban J connectivity index is 0.859. The van der Waals surface area contributed by atoms with E-state index in [-0.39, 0.29) is 10.8 Å². The van der Waals surface area contributed by atoms with Gasteiger partial charge in [-0.25, -0.2) is 0 Å². The second-order valence-corrected chi connectivity index (χ2v) is 20.5. The molecule has 1 heterocycles. The molecule has 0 radical (unpaired) electrons. The third kappa shape index (κ3) is 6.64. The van der Waals surface area contributed by atoms with Crippen LogP contribution in [0.3, 0.4) is 0 Å². The molecule has 0 saturated carbocycles. The van der Waals surface area contributed by atoms with Gasteiger partial charge in [-0.2, -0.15) is 0 Å². The molecular formula is C71H51NO. The summed E-state index contributed by atoms with van der Waals surface area (Å²) >= 11 is 0. The van der Waals surface area contributed by atoms with Crippen molar-refractivity contribution in [3.8, 4) is 66.8 Å². The minimum absolute atomic E-state index is 0.124. The largest absolute Gasteiger partial charge is 0.455 e. The van der Waals surface area contributed by atoms with E-state index in [2.05, 4.69) is 280 Å². The van der Waals surface area contributed by atoms with E-state index in [0.29, 0.717) is 0 Å². The molecule has 0 spiro atoms. The van der Waals surface area contributed by atoms with Gasteiger partial charge in [0.15, 0.2) is 0 Å². The van der Waals surface area contributed by atoms with Crippen molar-refractivity contribution in [2.24, 2.45) is 0 Å². The van der Waals surface area contributed by atoms with Gasteiger partial charge < -0.3 is 9.32 Å². The number of benzene rings is 11. The van der Waals surface area contributed by atoms with Gasteiger partial charge >= 0.3 is 0 Å². The Morgan fingerprint density at radius 2 is 0.753 bits per heavy atom. The monoisotopic (exact) mass is 933 g/mol. The fourth-order valence-corrected chi connectivity index (χ4v) is 12.5. The van der Waals surface area contributed by atoms with Crippen molar-refractivity contribution in [3.05, 3.63) is 283 Å².